The summed E-state index contributed by atoms with van der Waals surface area (Å²) in [4.78, 5) is 33.3. The number of hydrogen-bond acceptors (Lipinski definition) is 5. The lowest BCUT2D eigenvalue weighted by molar-refractivity contribution is -0.127. The quantitative estimate of drug-likeness (QED) is 0.301. The largest absolute Gasteiger partial charge is 0.497 e. The van der Waals surface area contributed by atoms with Crippen LogP contribution in [0.1, 0.15) is 49.3 Å². The molecular weight excluding hydrogens is 506 g/mol. The number of aromatic amines is 1. The Labute approximate surface area is 233 Å². The van der Waals surface area contributed by atoms with Crippen LogP contribution in [-0.2, 0) is 16.0 Å². The van der Waals surface area contributed by atoms with Gasteiger partial charge in [-0.25, -0.2) is 0 Å². The zero-order valence-corrected chi connectivity index (χ0v) is 22.5. The van der Waals surface area contributed by atoms with E-state index in [0.29, 0.717) is 28.5 Å². The Morgan fingerprint density at radius 1 is 1.00 bits per heavy atom. The van der Waals surface area contributed by atoms with Crippen molar-refractivity contribution in [3.63, 3.8) is 0 Å². The molecule has 8 nitrogen and oxygen atoms in total. The number of amides is 2. The van der Waals surface area contributed by atoms with E-state index in [1.807, 2.05) is 60.8 Å². The molecule has 40 heavy (non-hydrogen) atoms. The molecule has 1 aliphatic carbocycles. The van der Waals surface area contributed by atoms with E-state index in [1.165, 1.54) is 6.42 Å². The Kier molecular flexibility index (Phi) is 7.31. The molecule has 4 aromatic rings. The van der Waals surface area contributed by atoms with Crippen molar-refractivity contribution in [2.24, 2.45) is 0 Å². The highest BCUT2D eigenvalue weighted by molar-refractivity contribution is 6.03. The van der Waals surface area contributed by atoms with Gasteiger partial charge in [-0.2, -0.15) is 0 Å². The first-order valence-corrected chi connectivity index (χ1v) is 13.8. The van der Waals surface area contributed by atoms with Gasteiger partial charge in [-0.05, 0) is 54.3 Å². The van der Waals surface area contributed by atoms with Crippen LogP contribution in [0.25, 0.3) is 10.9 Å². The first kappa shape index (κ1) is 25.8. The fourth-order valence-corrected chi connectivity index (χ4v) is 5.73. The predicted octanol–water partition coefficient (Wildman–Crippen LogP) is 5.67. The number of ether oxygens (including phenoxy) is 3. The Hall–Kier alpha value is -4.46. The number of para-hydroxylation sites is 1. The Balaban J connectivity index is 1.42. The Morgan fingerprint density at radius 2 is 1.77 bits per heavy atom. The number of nitrogens with one attached hydrogen (secondary N) is 2. The summed E-state index contributed by atoms with van der Waals surface area (Å²) in [6.45, 7) is 0.117. The third-order valence-corrected chi connectivity index (χ3v) is 7.81. The van der Waals surface area contributed by atoms with Gasteiger partial charge in [0.25, 0.3) is 0 Å². The summed E-state index contributed by atoms with van der Waals surface area (Å²) < 4.78 is 16.5. The zero-order chi connectivity index (χ0) is 27.5. The van der Waals surface area contributed by atoms with Gasteiger partial charge in [-0.1, -0.05) is 49.6 Å². The van der Waals surface area contributed by atoms with E-state index in [4.69, 9.17) is 14.2 Å². The van der Waals surface area contributed by atoms with E-state index in [0.717, 1.165) is 42.1 Å². The van der Waals surface area contributed by atoms with E-state index < -0.39 is 6.04 Å². The smallest absolute Gasteiger partial charge is 0.248 e. The minimum Gasteiger partial charge on any atom is -0.497 e. The monoisotopic (exact) mass is 539 g/mol. The molecule has 1 fully saturated rings. The number of rotatable bonds is 8. The van der Waals surface area contributed by atoms with Crippen LogP contribution < -0.4 is 24.4 Å². The molecule has 2 heterocycles. The van der Waals surface area contributed by atoms with Gasteiger partial charge in [0.15, 0.2) is 11.5 Å². The van der Waals surface area contributed by atoms with Crippen LogP contribution >= 0.6 is 0 Å². The van der Waals surface area contributed by atoms with E-state index in [1.54, 1.807) is 24.1 Å². The van der Waals surface area contributed by atoms with Gasteiger partial charge >= 0.3 is 0 Å². The second kappa shape index (κ2) is 11.3. The highest BCUT2D eigenvalue weighted by Crippen LogP contribution is 2.39. The van der Waals surface area contributed by atoms with Gasteiger partial charge in [0.2, 0.25) is 18.6 Å². The van der Waals surface area contributed by atoms with E-state index in [-0.39, 0.29) is 31.1 Å². The summed E-state index contributed by atoms with van der Waals surface area (Å²) in [5.41, 5.74) is 3.09. The maximum atomic E-state index is 14.3. The van der Waals surface area contributed by atoms with Crippen LogP contribution in [-0.4, -0.2) is 36.7 Å². The van der Waals surface area contributed by atoms with Crippen molar-refractivity contribution >= 4 is 28.4 Å². The summed E-state index contributed by atoms with van der Waals surface area (Å²) in [5.74, 6) is 1.42. The molecule has 1 aliphatic heterocycles. The minimum absolute atomic E-state index is 0.0873. The van der Waals surface area contributed by atoms with Crippen molar-refractivity contribution in [2.45, 2.75) is 50.6 Å². The van der Waals surface area contributed by atoms with Crippen molar-refractivity contribution in [2.75, 3.05) is 18.8 Å². The van der Waals surface area contributed by atoms with Crippen LogP contribution in [0.2, 0.25) is 0 Å². The van der Waals surface area contributed by atoms with Gasteiger partial charge < -0.3 is 24.5 Å². The number of methoxy groups -OCH3 is 1. The molecule has 1 atom stereocenters. The van der Waals surface area contributed by atoms with Gasteiger partial charge in [-0.3, -0.25) is 14.5 Å². The summed E-state index contributed by atoms with van der Waals surface area (Å²) in [6.07, 6.45) is 7.21. The molecule has 0 spiro atoms. The molecule has 0 bridgehead atoms. The number of carbonyl (C=O) groups is 2. The highest BCUT2D eigenvalue weighted by atomic mass is 16.7. The number of fused-ring (bicyclic) bond motifs is 2. The Morgan fingerprint density at radius 3 is 2.58 bits per heavy atom. The van der Waals surface area contributed by atoms with E-state index in [2.05, 4.69) is 10.3 Å². The third kappa shape index (κ3) is 5.21. The van der Waals surface area contributed by atoms with E-state index >= 15 is 0 Å². The predicted molar refractivity (Wildman–Crippen MR) is 153 cm³/mol. The van der Waals surface area contributed by atoms with Crippen molar-refractivity contribution in [3.8, 4) is 17.2 Å². The lowest BCUT2D eigenvalue weighted by atomic mass is 9.94. The van der Waals surface area contributed by atoms with Crippen molar-refractivity contribution in [3.05, 3.63) is 84.1 Å². The lowest BCUT2D eigenvalue weighted by Crippen LogP contribution is -2.47. The molecule has 8 heteroatoms. The first-order chi connectivity index (χ1) is 19.6. The maximum absolute atomic E-state index is 14.3. The van der Waals surface area contributed by atoms with Crippen LogP contribution in [0.4, 0.5) is 5.69 Å². The number of hydrogen-bond donors (Lipinski definition) is 2. The zero-order valence-electron chi connectivity index (χ0n) is 22.5. The van der Waals surface area contributed by atoms with Gasteiger partial charge in [0, 0.05) is 34.9 Å². The summed E-state index contributed by atoms with van der Waals surface area (Å²) in [5, 5.41) is 4.25. The number of carbonyl (C=O) groups excluding carboxylic acids is 2. The van der Waals surface area contributed by atoms with Crippen molar-refractivity contribution in [1.82, 2.24) is 10.3 Å². The van der Waals surface area contributed by atoms with Gasteiger partial charge in [-0.15, -0.1) is 0 Å². The average Bonchev–Trinajstić information content (AvgIpc) is 3.63. The second-order valence-electron chi connectivity index (χ2n) is 10.4. The standard InChI is InChI=1S/C32H33N3O5/c1-38-25-14-11-21(12-15-25)31(32(37)34-23-7-3-2-4-8-23)35(24-13-16-28-29(18-24)40-20-39-28)30(36)17-22-19-33-27-10-6-5-9-26(22)27/h5-6,9-16,18-19,23,31,33H,2-4,7-8,17,20H2,1H3,(H,34,37)/t31-/m1/s1. The summed E-state index contributed by atoms with van der Waals surface area (Å²) in [6, 6.07) is 19.8. The third-order valence-electron chi connectivity index (χ3n) is 7.81. The van der Waals surface area contributed by atoms with Crippen molar-refractivity contribution in [1.29, 1.82) is 0 Å². The molecule has 2 amide bonds. The number of benzene rings is 3. The molecule has 3 aromatic carbocycles. The van der Waals surface area contributed by atoms with Gasteiger partial charge in [0.05, 0.1) is 13.5 Å². The highest BCUT2D eigenvalue weighted by Gasteiger charge is 2.35. The molecule has 0 saturated heterocycles. The normalized spacial score (nSPS) is 15.5. The second-order valence-corrected chi connectivity index (χ2v) is 10.4. The van der Waals surface area contributed by atoms with Crippen LogP contribution in [0.15, 0.2) is 72.9 Å². The summed E-state index contributed by atoms with van der Waals surface area (Å²) in [7, 11) is 1.60. The van der Waals surface area contributed by atoms with E-state index in [9.17, 15) is 9.59 Å². The first-order valence-electron chi connectivity index (χ1n) is 13.8. The van der Waals surface area contributed by atoms with Crippen LogP contribution in [0, 0.1) is 0 Å². The van der Waals surface area contributed by atoms with Gasteiger partial charge in [0.1, 0.15) is 11.8 Å². The molecule has 206 valence electrons. The molecule has 1 saturated carbocycles. The lowest BCUT2D eigenvalue weighted by Gasteiger charge is -2.33. The topological polar surface area (TPSA) is 92.9 Å². The van der Waals surface area contributed by atoms with Crippen LogP contribution in [0.5, 0.6) is 17.2 Å². The molecule has 0 radical (unpaired) electrons. The number of nitrogens with zero attached hydrogens (tertiary/aromatic N) is 1. The minimum atomic E-state index is -0.897. The fraction of sp³-hybridized carbons (Fsp3) is 0.312. The molecule has 2 aliphatic rings. The fourth-order valence-electron chi connectivity index (χ4n) is 5.73. The number of anilines is 1. The number of H-pyrrole nitrogens is 1. The molecule has 2 N–H and O–H groups in total. The van der Waals surface area contributed by atoms with Crippen LogP contribution in [0.3, 0.4) is 0 Å². The molecular formula is C32H33N3O5. The average molecular weight is 540 g/mol. The number of aromatic nitrogens is 1. The van der Waals surface area contributed by atoms with Crippen molar-refractivity contribution < 1.29 is 23.8 Å². The molecule has 6 rings (SSSR count). The molecule has 1 aromatic heterocycles. The molecule has 0 unspecified atom stereocenters. The summed E-state index contributed by atoms with van der Waals surface area (Å²) >= 11 is 0. The Bertz CT molecular complexity index is 1510. The SMILES string of the molecule is COc1ccc([C@H](C(=O)NC2CCCCC2)N(C(=O)Cc2c[nH]c3ccccc23)c2ccc3c(c2)OCO3)cc1. The maximum Gasteiger partial charge on any atom is 0.248 e.